The van der Waals surface area contributed by atoms with Crippen LogP contribution in [0.25, 0.3) is 0 Å². The SMILES string of the molecule is CC(C)[C@H](NC(=O)[C@H](CCC(=O)O)NC(=O)[C@@H]1CCCN1C(=O)[C@@H](NC(=O)[C@H](Cc1ccc(O)cc1)NC(=O)[C@@H](N)CCCN=C(N)N)[C@@H](C)O)C(=O)O. The van der Waals surface area contributed by atoms with Crippen molar-refractivity contribution in [2.45, 2.75) is 108 Å². The molecule has 54 heavy (non-hydrogen) atoms. The van der Waals surface area contributed by atoms with Gasteiger partial charge in [-0.1, -0.05) is 26.0 Å². The van der Waals surface area contributed by atoms with E-state index in [0.717, 1.165) is 4.90 Å². The Kier molecular flexibility index (Phi) is 17.6. The molecule has 0 aliphatic carbocycles. The number of phenols is 1. The lowest BCUT2D eigenvalue weighted by molar-refractivity contribution is -0.145. The van der Waals surface area contributed by atoms with Gasteiger partial charge in [-0.2, -0.15) is 0 Å². The molecule has 1 aliphatic rings. The van der Waals surface area contributed by atoms with Crippen molar-refractivity contribution >= 4 is 47.4 Å². The fourth-order valence-corrected chi connectivity index (χ4v) is 5.70. The first kappa shape index (κ1) is 44.7. The number of rotatable bonds is 21. The number of likely N-dealkylation sites (tertiary alicyclic amines) is 1. The van der Waals surface area contributed by atoms with Crippen molar-refractivity contribution in [3.05, 3.63) is 29.8 Å². The molecule has 0 bridgehead atoms. The van der Waals surface area contributed by atoms with Gasteiger partial charge in [0.05, 0.1) is 12.1 Å². The van der Waals surface area contributed by atoms with E-state index in [2.05, 4.69) is 26.3 Å². The van der Waals surface area contributed by atoms with Crippen LogP contribution in [-0.4, -0.2) is 128 Å². The molecule has 2 rings (SSSR count). The third-order valence-electron chi connectivity index (χ3n) is 8.71. The number of guanidine groups is 1. The molecule has 0 spiro atoms. The molecule has 1 aromatic carbocycles. The zero-order valence-electron chi connectivity index (χ0n) is 30.6. The van der Waals surface area contributed by atoms with Crippen LogP contribution in [0.15, 0.2) is 29.3 Å². The number of carbonyl (C=O) groups excluding carboxylic acids is 5. The van der Waals surface area contributed by atoms with E-state index >= 15 is 0 Å². The first-order valence-electron chi connectivity index (χ1n) is 17.6. The average Bonchev–Trinajstić information content (AvgIpc) is 3.59. The van der Waals surface area contributed by atoms with Crippen LogP contribution >= 0.6 is 0 Å². The Hall–Kier alpha value is -5.50. The first-order chi connectivity index (χ1) is 25.3. The fourth-order valence-electron chi connectivity index (χ4n) is 5.70. The lowest BCUT2D eigenvalue weighted by Gasteiger charge is -2.32. The van der Waals surface area contributed by atoms with Gasteiger partial charge in [0, 0.05) is 25.9 Å². The molecule has 0 saturated carbocycles. The van der Waals surface area contributed by atoms with Crippen molar-refractivity contribution < 1.29 is 54.0 Å². The van der Waals surface area contributed by atoms with E-state index in [9.17, 15) is 54.0 Å². The van der Waals surface area contributed by atoms with Gasteiger partial charge in [-0.05, 0) is 62.6 Å². The number of benzene rings is 1. The van der Waals surface area contributed by atoms with Crippen molar-refractivity contribution in [2.75, 3.05) is 13.1 Å². The van der Waals surface area contributed by atoms with Crippen LogP contribution in [0.1, 0.15) is 64.9 Å². The Morgan fingerprint density at radius 2 is 1.48 bits per heavy atom. The Bertz CT molecular complexity index is 1520. The third-order valence-corrected chi connectivity index (χ3v) is 8.71. The molecule has 1 saturated heterocycles. The standard InChI is InChI=1S/C34H53N9O11/c1-17(2)26(33(53)54)41-29(49)22(12-13-25(46)47)39-31(51)24-7-5-15-43(24)32(52)27(18(3)44)42-30(50)23(16-19-8-10-20(45)11-9-19)40-28(48)21(35)6-4-14-38-34(36)37/h8-11,17-18,21-24,26-27,44-45H,4-7,12-16,35H2,1-3H3,(H,39,51)(H,40,48)(H,41,49)(H,42,50)(H,46,47)(H,53,54)(H4,36,37,38)/t18-,21+,22+,23+,24+,26+,27+/m1/s1. The highest BCUT2D eigenvalue weighted by Crippen LogP contribution is 2.21. The molecule has 1 heterocycles. The second-order valence-corrected chi connectivity index (χ2v) is 13.5. The monoisotopic (exact) mass is 763 g/mol. The molecular weight excluding hydrogens is 710 g/mol. The zero-order chi connectivity index (χ0) is 40.7. The van der Waals surface area contributed by atoms with E-state index in [4.69, 9.17) is 17.2 Å². The van der Waals surface area contributed by atoms with Gasteiger partial charge in [-0.25, -0.2) is 4.79 Å². The number of aliphatic carboxylic acids is 2. The smallest absolute Gasteiger partial charge is 0.326 e. The summed E-state index contributed by atoms with van der Waals surface area (Å²) in [6.07, 6.45) is -1.54. The lowest BCUT2D eigenvalue weighted by atomic mass is 10.0. The predicted molar refractivity (Wildman–Crippen MR) is 193 cm³/mol. The lowest BCUT2D eigenvalue weighted by Crippen LogP contribution is -2.61. The minimum Gasteiger partial charge on any atom is -0.508 e. The molecule has 14 N–H and O–H groups in total. The number of hydrogen-bond donors (Lipinski definition) is 11. The van der Waals surface area contributed by atoms with Crippen molar-refractivity contribution in [3.63, 3.8) is 0 Å². The molecule has 1 fully saturated rings. The Morgan fingerprint density at radius 1 is 0.870 bits per heavy atom. The molecule has 0 aromatic heterocycles. The highest BCUT2D eigenvalue weighted by Gasteiger charge is 2.41. The summed E-state index contributed by atoms with van der Waals surface area (Å²) < 4.78 is 0. The summed E-state index contributed by atoms with van der Waals surface area (Å²) in [5, 5.41) is 48.9. The Morgan fingerprint density at radius 3 is 2.04 bits per heavy atom. The number of nitrogens with one attached hydrogen (secondary N) is 4. The largest absolute Gasteiger partial charge is 0.508 e. The highest BCUT2D eigenvalue weighted by atomic mass is 16.4. The number of hydrogen-bond acceptors (Lipinski definition) is 11. The number of amides is 5. The summed E-state index contributed by atoms with van der Waals surface area (Å²) in [6.45, 7) is 4.60. The van der Waals surface area contributed by atoms with Crippen molar-refractivity contribution in [2.24, 2.45) is 28.1 Å². The maximum absolute atomic E-state index is 13.9. The van der Waals surface area contributed by atoms with Crippen molar-refractivity contribution in [3.8, 4) is 5.75 Å². The Balaban J connectivity index is 2.27. The first-order valence-corrected chi connectivity index (χ1v) is 17.6. The van der Waals surface area contributed by atoms with Gasteiger partial charge in [-0.3, -0.25) is 33.8 Å². The van der Waals surface area contributed by atoms with Crippen LogP contribution in [-0.2, 0) is 40.0 Å². The van der Waals surface area contributed by atoms with E-state index in [1.807, 2.05) is 0 Å². The predicted octanol–water partition coefficient (Wildman–Crippen LogP) is -2.77. The third kappa shape index (κ3) is 14.1. The number of carbonyl (C=O) groups is 7. The number of carboxylic acids is 2. The summed E-state index contributed by atoms with van der Waals surface area (Å²) in [7, 11) is 0. The van der Waals surface area contributed by atoms with Crippen LogP contribution in [0, 0.1) is 5.92 Å². The minimum atomic E-state index is -1.60. The van der Waals surface area contributed by atoms with Gasteiger partial charge in [0.15, 0.2) is 5.96 Å². The molecule has 20 nitrogen and oxygen atoms in total. The van der Waals surface area contributed by atoms with Gasteiger partial charge in [-0.15, -0.1) is 0 Å². The van der Waals surface area contributed by atoms with Gasteiger partial charge >= 0.3 is 11.9 Å². The number of nitrogens with two attached hydrogens (primary N) is 3. The molecule has 7 atom stereocenters. The number of aliphatic hydroxyl groups is 1. The van der Waals surface area contributed by atoms with E-state index < -0.39 is 96.2 Å². The normalized spacial score (nSPS) is 17.2. The zero-order valence-corrected chi connectivity index (χ0v) is 30.6. The summed E-state index contributed by atoms with van der Waals surface area (Å²) in [4.78, 5) is 95.2. The topological polar surface area (TPSA) is 342 Å². The van der Waals surface area contributed by atoms with Gasteiger partial charge < -0.3 is 63.8 Å². The molecular formula is C34H53N9O11. The number of nitrogens with zero attached hydrogens (tertiary/aromatic N) is 2. The molecule has 1 aromatic rings. The second kappa shape index (κ2) is 21.3. The minimum absolute atomic E-state index is 0.0266. The fraction of sp³-hybridized carbons (Fsp3) is 0.588. The molecule has 5 amide bonds. The number of carboxylic acid groups (broad SMARTS) is 2. The summed E-state index contributed by atoms with van der Waals surface area (Å²) in [6, 6.07) is -2.14. The molecule has 1 aliphatic heterocycles. The summed E-state index contributed by atoms with van der Waals surface area (Å²) in [5.74, 6) is -7.45. The van der Waals surface area contributed by atoms with Crippen LogP contribution in [0.3, 0.4) is 0 Å². The van der Waals surface area contributed by atoms with Gasteiger partial charge in [0.25, 0.3) is 0 Å². The molecule has 0 unspecified atom stereocenters. The van der Waals surface area contributed by atoms with E-state index in [-0.39, 0.29) is 50.5 Å². The average molecular weight is 764 g/mol. The summed E-state index contributed by atoms with van der Waals surface area (Å²) >= 11 is 0. The van der Waals surface area contributed by atoms with Crippen LogP contribution in [0.2, 0.25) is 0 Å². The number of aromatic hydroxyl groups is 1. The van der Waals surface area contributed by atoms with E-state index in [0.29, 0.717) is 18.4 Å². The number of aliphatic imine (C=N–C) groups is 1. The van der Waals surface area contributed by atoms with Crippen LogP contribution in [0.5, 0.6) is 5.75 Å². The molecule has 300 valence electrons. The van der Waals surface area contributed by atoms with Crippen LogP contribution < -0.4 is 38.5 Å². The molecule has 20 heteroatoms. The number of aliphatic hydroxyl groups excluding tert-OH is 1. The maximum atomic E-state index is 13.9. The second-order valence-electron chi connectivity index (χ2n) is 13.5. The quantitative estimate of drug-likeness (QED) is 0.0343. The van der Waals surface area contributed by atoms with Crippen molar-refractivity contribution in [1.29, 1.82) is 0 Å². The van der Waals surface area contributed by atoms with E-state index in [1.54, 1.807) is 13.8 Å². The maximum Gasteiger partial charge on any atom is 0.326 e. The molecule has 0 radical (unpaired) electrons. The van der Waals surface area contributed by atoms with E-state index in [1.165, 1.54) is 31.2 Å². The number of phenolic OH excluding ortho intramolecular Hbond substituents is 1. The highest BCUT2D eigenvalue weighted by molar-refractivity contribution is 5.97. The Labute approximate surface area is 312 Å². The van der Waals surface area contributed by atoms with Gasteiger partial charge in [0.1, 0.15) is 36.0 Å². The summed E-state index contributed by atoms with van der Waals surface area (Å²) in [5.41, 5.74) is 17.2. The van der Waals surface area contributed by atoms with Crippen LogP contribution in [0.4, 0.5) is 0 Å². The van der Waals surface area contributed by atoms with Gasteiger partial charge in [0.2, 0.25) is 29.5 Å². The van der Waals surface area contributed by atoms with Crippen molar-refractivity contribution in [1.82, 2.24) is 26.2 Å².